The zero-order valence-corrected chi connectivity index (χ0v) is 14.7. The Bertz CT molecular complexity index is 564. The molecule has 0 radical (unpaired) electrons. The number of rotatable bonds is 5. The molecule has 1 atom stereocenters. The van der Waals surface area contributed by atoms with Crippen molar-refractivity contribution in [3.05, 3.63) is 28.2 Å². The quantitative estimate of drug-likeness (QED) is 0.844. The second kappa shape index (κ2) is 6.56. The lowest BCUT2D eigenvalue weighted by atomic mass is 9.82. The maximum atomic E-state index is 12.3. The molecule has 1 unspecified atom stereocenters. The molecule has 4 nitrogen and oxygen atoms in total. The van der Waals surface area contributed by atoms with Crippen LogP contribution in [-0.4, -0.2) is 20.1 Å². The number of hydrogen-bond acceptors (Lipinski definition) is 3. The lowest BCUT2D eigenvalue weighted by Gasteiger charge is -2.27. The number of aliphatic hydroxyl groups excluding tert-OH is 1. The van der Waals surface area contributed by atoms with Crippen LogP contribution in [0.1, 0.15) is 33.3 Å². The van der Waals surface area contributed by atoms with Gasteiger partial charge in [-0.05, 0) is 45.0 Å². The number of nitrogens with one attached hydrogen (secondary N) is 1. The zero-order valence-electron chi connectivity index (χ0n) is 12.3. The Morgan fingerprint density at radius 2 is 1.95 bits per heavy atom. The molecular formula is C14H22BrNO3S. The molecule has 2 N–H and O–H groups in total. The first-order valence-corrected chi connectivity index (χ1v) is 8.74. The van der Waals surface area contributed by atoms with Gasteiger partial charge >= 0.3 is 0 Å². The summed E-state index contributed by atoms with van der Waals surface area (Å²) in [6.45, 7) is 8.54. The van der Waals surface area contributed by atoms with Gasteiger partial charge in [0.05, 0.1) is 11.5 Å². The maximum Gasteiger partial charge on any atom is 0.241 e. The van der Waals surface area contributed by atoms with E-state index in [0.29, 0.717) is 16.6 Å². The molecule has 0 aliphatic rings. The van der Waals surface area contributed by atoms with Crippen LogP contribution in [-0.2, 0) is 16.6 Å². The molecule has 0 saturated carbocycles. The minimum absolute atomic E-state index is 0.0422. The molecule has 20 heavy (non-hydrogen) atoms. The van der Waals surface area contributed by atoms with Gasteiger partial charge < -0.3 is 5.11 Å². The first kappa shape index (κ1) is 17.6. The van der Waals surface area contributed by atoms with Gasteiger partial charge in [-0.3, -0.25) is 0 Å². The molecule has 6 heteroatoms. The van der Waals surface area contributed by atoms with Crippen molar-refractivity contribution in [2.45, 2.75) is 39.2 Å². The molecule has 1 aromatic carbocycles. The van der Waals surface area contributed by atoms with E-state index in [1.807, 2.05) is 6.92 Å². The third kappa shape index (κ3) is 4.55. The molecule has 1 rings (SSSR count). The van der Waals surface area contributed by atoms with E-state index in [2.05, 4.69) is 41.4 Å². The van der Waals surface area contributed by atoms with Crippen LogP contribution in [0.25, 0.3) is 0 Å². The highest BCUT2D eigenvalue weighted by atomic mass is 79.9. The van der Waals surface area contributed by atoms with Crippen LogP contribution in [0.15, 0.2) is 27.6 Å². The minimum Gasteiger partial charge on any atom is -0.392 e. The van der Waals surface area contributed by atoms with Crippen molar-refractivity contribution in [3.63, 3.8) is 0 Å². The van der Waals surface area contributed by atoms with Crippen LogP contribution in [0.4, 0.5) is 0 Å². The number of hydrogen-bond donors (Lipinski definition) is 2. The fourth-order valence-corrected chi connectivity index (χ4v) is 3.73. The fraction of sp³-hybridized carbons (Fsp3) is 0.571. The Balaban J connectivity index is 2.90. The normalized spacial score (nSPS) is 14.3. The van der Waals surface area contributed by atoms with Crippen molar-refractivity contribution >= 4 is 26.0 Å². The molecule has 0 amide bonds. The van der Waals surface area contributed by atoms with Crippen LogP contribution in [0.5, 0.6) is 0 Å². The largest absolute Gasteiger partial charge is 0.392 e. The van der Waals surface area contributed by atoms with Gasteiger partial charge in [0.25, 0.3) is 0 Å². The Hall–Kier alpha value is -0.430. The van der Waals surface area contributed by atoms with Gasteiger partial charge in [-0.15, -0.1) is 0 Å². The van der Waals surface area contributed by atoms with Gasteiger partial charge in [0, 0.05) is 11.0 Å². The molecule has 0 spiro atoms. The summed E-state index contributed by atoms with van der Waals surface area (Å²) in [7, 11) is -3.55. The highest BCUT2D eigenvalue weighted by Gasteiger charge is 2.23. The summed E-state index contributed by atoms with van der Waals surface area (Å²) in [4.78, 5) is 0.191. The third-order valence-corrected chi connectivity index (χ3v) is 5.93. The average molecular weight is 364 g/mol. The van der Waals surface area contributed by atoms with E-state index in [1.54, 1.807) is 12.1 Å². The molecule has 0 aliphatic carbocycles. The van der Waals surface area contributed by atoms with Crippen molar-refractivity contribution in [2.75, 3.05) is 6.54 Å². The van der Waals surface area contributed by atoms with E-state index in [0.717, 1.165) is 0 Å². The number of sulfonamides is 1. The van der Waals surface area contributed by atoms with Crippen molar-refractivity contribution in [2.24, 2.45) is 11.3 Å². The van der Waals surface area contributed by atoms with Crippen LogP contribution in [0.2, 0.25) is 0 Å². The molecule has 1 aromatic rings. The fourth-order valence-electron chi connectivity index (χ4n) is 1.48. The van der Waals surface area contributed by atoms with E-state index >= 15 is 0 Å². The molecule has 0 heterocycles. The van der Waals surface area contributed by atoms with Crippen molar-refractivity contribution in [1.29, 1.82) is 0 Å². The maximum absolute atomic E-state index is 12.3. The minimum atomic E-state index is -3.55. The van der Waals surface area contributed by atoms with Crippen molar-refractivity contribution < 1.29 is 13.5 Å². The predicted molar refractivity (Wildman–Crippen MR) is 83.9 cm³/mol. The predicted octanol–water partition coefficient (Wildman–Crippen LogP) is 2.90. The third-order valence-electron chi connectivity index (χ3n) is 3.53. The van der Waals surface area contributed by atoms with Crippen LogP contribution in [0, 0.1) is 11.3 Å². The van der Waals surface area contributed by atoms with E-state index in [-0.39, 0.29) is 22.8 Å². The van der Waals surface area contributed by atoms with E-state index in [9.17, 15) is 8.42 Å². The van der Waals surface area contributed by atoms with E-state index in [4.69, 9.17) is 5.11 Å². The second-order valence-corrected chi connectivity index (χ2v) is 8.63. The molecular weight excluding hydrogens is 342 g/mol. The lowest BCUT2D eigenvalue weighted by Crippen LogP contribution is -2.33. The highest BCUT2D eigenvalue weighted by Crippen LogP contribution is 2.26. The highest BCUT2D eigenvalue weighted by molar-refractivity contribution is 9.10. The standard InChI is InChI=1S/C14H22BrNO3S/c1-10(14(2,3)4)8-16-20(18,19)13-6-5-11(9-17)7-12(13)15/h5-7,10,16-17H,8-9H2,1-4H3. The van der Waals surface area contributed by atoms with Crippen LogP contribution < -0.4 is 4.72 Å². The monoisotopic (exact) mass is 363 g/mol. The van der Waals surface area contributed by atoms with Gasteiger partial charge in [0.15, 0.2) is 0 Å². The second-order valence-electron chi connectivity index (χ2n) is 6.04. The summed E-state index contributed by atoms with van der Waals surface area (Å²) in [5.74, 6) is 0.216. The number of aliphatic hydroxyl groups is 1. The van der Waals surface area contributed by atoms with Gasteiger partial charge in [-0.25, -0.2) is 13.1 Å². The molecule has 0 fully saturated rings. The van der Waals surface area contributed by atoms with E-state index < -0.39 is 10.0 Å². The molecule has 114 valence electrons. The SMILES string of the molecule is CC(CNS(=O)(=O)c1ccc(CO)cc1Br)C(C)(C)C. The zero-order chi connectivity index (χ0) is 15.6. The first-order valence-electron chi connectivity index (χ1n) is 6.47. The topological polar surface area (TPSA) is 66.4 Å². The molecule has 0 aliphatic heterocycles. The first-order chi connectivity index (χ1) is 9.08. The summed E-state index contributed by atoms with van der Waals surface area (Å²) in [6, 6.07) is 4.72. The van der Waals surface area contributed by atoms with Crippen molar-refractivity contribution in [1.82, 2.24) is 4.72 Å². The van der Waals surface area contributed by atoms with Crippen LogP contribution in [0.3, 0.4) is 0 Å². The summed E-state index contributed by atoms with van der Waals surface area (Å²) >= 11 is 3.24. The van der Waals surface area contributed by atoms with Gasteiger partial charge in [-0.2, -0.15) is 0 Å². The Kier molecular flexibility index (Phi) is 5.78. The Morgan fingerprint density at radius 1 is 1.35 bits per heavy atom. The molecule has 0 aromatic heterocycles. The summed E-state index contributed by atoms with van der Waals surface area (Å²) < 4.78 is 27.7. The van der Waals surface area contributed by atoms with Crippen LogP contribution >= 0.6 is 15.9 Å². The summed E-state index contributed by atoms with van der Waals surface area (Å²) in [5.41, 5.74) is 0.708. The smallest absolute Gasteiger partial charge is 0.241 e. The Morgan fingerprint density at radius 3 is 2.40 bits per heavy atom. The lowest BCUT2D eigenvalue weighted by molar-refractivity contribution is 0.263. The Labute approximate surface area is 129 Å². The number of halogens is 1. The van der Waals surface area contributed by atoms with E-state index in [1.165, 1.54) is 6.07 Å². The van der Waals surface area contributed by atoms with Crippen molar-refractivity contribution in [3.8, 4) is 0 Å². The number of benzene rings is 1. The summed E-state index contributed by atoms with van der Waals surface area (Å²) in [5, 5.41) is 9.04. The summed E-state index contributed by atoms with van der Waals surface area (Å²) in [6.07, 6.45) is 0. The van der Waals surface area contributed by atoms with Gasteiger partial charge in [-0.1, -0.05) is 33.8 Å². The average Bonchev–Trinajstić information content (AvgIpc) is 2.34. The molecule has 0 bridgehead atoms. The van der Waals surface area contributed by atoms with Gasteiger partial charge in [0.2, 0.25) is 10.0 Å². The molecule has 0 saturated heterocycles. The van der Waals surface area contributed by atoms with Gasteiger partial charge in [0.1, 0.15) is 0 Å².